The summed E-state index contributed by atoms with van der Waals surface area (Å²) in [4.78, 5) is 34.7. The zero-order valence-electron chi connectivity index (χ0n) is 9.52. The van der Waals surface area contributed by atoms with Crippen molar-refractivity contribution in [3.63, 3.8) is 0 Å². The number of primary amides is 1. The minimum absolute atomic E-state index is 0.0181. The lowest BCUT2D eigenvalue weighted by Crippen LogP contribution is -2.47. The van der Waals surface area contributed by atoms with Crippen LogP contribution in [0, 0.1) is 0 Å². The third-order valence-electron chi connectivity index (χ3n) is 2.67. The lowest BCUT2D eigenvalue weighted by Gasteiger charge is -2.20. The topological polar surface area (TPSA) is 113 Å². The Kier molecular flexibility index (Phi) is 4.74. The van der Waals surface area contributed by atoms with E-state index < -0.39 is 17.9 Å². The molecule has 0 bridgehead atoms. The number of carboxylic acids is 1. The lowest BCUT2D eigenvalue weighted by molar-refractivity contribution is -0.139. The summed E-state index contributed by atoms with van der Waals surface area (Å²) < 4.78 is 0. The van der Waals surface area contributed by atoms with Crippen molar-refractivity contribution >= 4 is 17.9 Å². The van der Waals surface area contributed by atoms with E-state index in [9.17, 15) is 14.4 Å². The smallest absolute Gasteiger partial charge is 0.326 e. The van der Waals surface area contributed by atoms with Gasteiger partial charge in [0, 0.05) is 19.5 Å². The molecular formula is C10H17N3O4. The fourth-order valence-electron chi connectivity index (χ4n) is 1.70. The van der Waals surface area contributed by atoms with Gasteiger partial charge in [-0.15, -0.1) is 0 Å². The molecule has 17 heavy (non-hydrogen) atoms. The van der Waals surface area contributed by atoms with Gasteiger partial charge in [-0.2, -0.15) is 0 Å². The fourth-order valence-corrected chi connectivity index (χ4v) is 1.70. The highest BCUT2D eigenvalue weighted by Gasteiger charge is 2.24. The Morgan fingerprint density at radius 2 is 1.88 bits per heavy atom. The molecule has 3 amide bonds. The average Bonchev–Trinajstić information content (AvgIpc) is 2.76. The molecule has 0 aromatic carbocycles. The molecule has 0 aromatic heterocycles. The summed E-state index contributed by atoms with van der Waals surface area (Å²) in [6.45, 7) is 1.29. The van der Waals surface area contributed by atoms with Gasteiger partial charge in [0.15, 0.2) is 0 Å². The number of rotatable bonds is 5. The van der Waals surface area contributed by atoms with Crippen LogP contribution in [0.3, 0.4) is 0 Å². The molecule has 1 rings (SSSR count). The summed E-state index contributed by atoms with van der Waals surface area (Å²) in [5.74, 6) is -1.73. The van der Waals surface area contributed by atoms with Crippen LogP contribution in [0.1, 0.15) is 25.7 Å². The van der Waals surface area contributed by atoms with E-state index in [1.807, 2.05) is 0 Å². The molecule has 1 atom stereocenters. The van der Waals surface area contributed by atoms with E-state index in [4.69, 9.17) is 10.8 Å². The van der Waals surface area contributed by atoms with E-state index >= 15 is 0 Å². The predicted octanol–water partition coefficient (Wildman–Crippen LogP) is -0.489. The standard InChI is InChI=1S/C10H17N3O4/c11-8(14)4-3-7(9(15)16)12-10(17)13-5-1-2-6-13/h7H,1-6H2,(H2,11,14)(H,12,17)(H,15,16). The maximum absolute atomic E-state index is 11.6. The van der Waals surface area contributed by atoms with Crippen molar-refractivity contribution in [3.8, 4) is 0 Å². The maximum atomic E-state index is 11.6. The van der Waals surface area contributed by atoms with Crippen LogP contribution in [0.5, 0.6) is 0 Å². The molecule has 0 spiro atoms. The first-order valence-corrected chi connectivity index (χ1v) is 5.57. The number of carboxylic acid groups (broad SMARTS) is 1. The van der Waals surface area contributed by atoms with E-state index in [-0.39, 0.29) is 18.9 Å². The monoisotopic (exact) mass is 243 g/mol. The first kappa shape index (κ1) is 13.3. The van der Waals surface area contributed by atoms with Gasteiger partial charge in [0.05, 0.1) is 0 Å². The number of hydrogen-bond donors (Lipinski definition) is 3. The van der Waals surface area contributed by atoms with E-state index in [0.29, 0.717) is 13.1 Å². The van der Waals surface area contributed by atoms with Crippen LogP contribution < -0.4 is 11.1 Å². The molecule has 1 heterocycles. The number of carbonyl (C=O) groups excluding carboxylic acids is 2. The number of amides is 3. The molecule has 0 aliphatic carbocycles. The number of aliphatic carboxylic acids is 1. The molecule has 0 saturated carbocycles. The first-order valence-electron chi connectivity index (χ1n) is 5.57. The number of urea groups is 1. The fraction of sp³-hybridized carbons (Fsp3) is 0.700. The summed E-state index contributed by atoms with van der Waals surface area (Å²) in [5.41, 5.74) is 4.94. The Hall–Kier alpha value is -1.79. The molecule has 1 aliphatic rings. The Morgan fingerprint density at radius 1 is 1.29 bits per heavy atom. The van der Waals surface area contributed by atoms with Crippen LogP contribution in [-0.4, -0.2) is 47.0 Å². The van der Waals surface area contributed by atoms with E-state index in [2.05, 4.69) is 5.32 Å². The second kappa shape index (κ2) is 6.07. The van der Waals surface area contributed by atoms with Gasteiger partial charge in [-0.1, -0.05) is 0 Å². The minimum Gasteiger partial charge on any atom is -0.480 e. The Morgan fingerprint density at radius 3 is 2.35 bits per heavy atom. The lowest BCUT2D eigenvalue weighted by atomic mass is 10.1. The normalized spacial score (nSPS) is 16.6. The molecule has 4 N–H and O–H groups in total. The quantitative estimate of drug-likeness (QED) is 0.604. The Balaban J connectivity index is 2.44. The van der Waals surface area contributed by atoms with E-state index in [1.54, 1.807) is 4.90 Å². The van der Waals surface area contributed by atoms with E-state index in [1.165, 1.54) is 0 Å². The van der Waals surface area contributed by atoms with Crippen LogP contribution in [0.2, 0.25) is 0 Å². The molecule has 0 aromatic rings. The number of nitrogens with one attached hydrogen (secondary N) is 1. The van der Waals surface area contributed by atoms with Gasteiger partial charge in [0.1, 0.15) is 6.04 Å². The molecule has 1 aliphatic heterocycles. The highest BCUT2D eigenvalue weighted by atomic mass is 16.4. The summed E-state index contributed by atoms with van der Waals surface area (Å²) in [6.07, 6.45) is 1.83. The Labute approximate surface area is 98.9 Å². The summed E-state index contributed by atoms with van der Waals surface area (Å²) >= 11 is 0. The van der Waals surface area contributed by atoms with Crippen LogP contribution in [0.4, 0.5) is 4.79 Å². The molecule has 1 saturated heterocycles. The highest BCUT2D eigenvalue weighted by molar-refractivity contribution is 5.83. The van der Waals surface area contributed by atoms with Crippen LogP contribution >= 0.6 is 0 Å². The summed E-state index contributed by atoms with van der Waals surface area (Å²) in [5, 5.41) is 11.3. The van der Waals surface area contributed by atoms with Gasteiger partial charge >= 0.3 is 12.0 Å². The molecular weight excluding hydrogens is 226 g/mol. The average molecular weight is 243 g/mol. The zero-order valence-corrected chi connectivity index (χ0v) is 9.52. The van der Waals surface area contributed by atoms with Crippen molar-refractivity contribution in [2.75, 3.05) is 13.1 Å². The molecule has 96 valence electrons. The van der Waals surface area contributed by atoms with Gasteiger partial charge in [-0.3, -0.25) is 4.79 Å². The van der Waals surface area contributed by atoms with Gasteiger partial charge in [0.25, 0.3) is 0 Å². The zero-order chi connectivity index (χ0) is 12.8. The van der Waals surface area contributed by atoms with Crippen LogP contribution in [0.15, 0.2) is 0 Å². The molecule has 0 radical (unpaired) electrons. The van der Waals surface area contributed by atoms with Crippen molar-refractivity contribution < 1.29 is 19.5 Å². The third kappa shape index (κ3) is 4.29. The summed E-state index contributed by atoms with van der Waals surface area (Å²) in [6, 6.07) is -1.45. The van der Waals surface area contributed by atoms with E-state index in [0.717, 1.165) is 12.8 Å². The molecule has 1 fully saturated rings. The largest absolute Gasteiger partial charge is 0.480 e. The molecule has 7 nitrogen and oxygen atoms in total. The van der Waals surface area contributed by atoms with Crippen molar-refractivity contribution in [1.29, 1.82) is 0 Å². The Bertz CT molecular complexity index is 313. The number of hydrogen-bond acceptors (Lipinski definition) is 3. The number of nitrogens with two attached hydrogens (primary N) is 1. The van der Waals surface area contributed by atoms with Gasteiger partial charge in [-0.05, 0) is 19.3 Å². The predicted molar refractivity (Wildman–Crippen MR) is 59.2 cm³/mol. The van der Waals surface area contributed by atoms with Crippen molar-refractivity contribution in [2.24, 2.45) is 5.73 Å². The number of carbonyl (C=O) groups is 3. The van der Waals surface area contributed by atoms with Crippen molar-refractivity contribution in [3.05, 3.63) is 0 Å². The van der Waals surface area contributed by atoms with Crippen LogP contribution in [-0.2, 0) is 9.59 Å². The van der Waals surface area contributed by atoms with Gasteiger partial charge < -0.3 is 21.1 Å². The third-order valence-corrected chi connectivity index (χ3v) is 2.67. The number of likely N-dealkylation sites (tertiary alicyclic amines) is 1. The SMILES string of the molecule is NC(=O)CCC(NC(=O)N1CCCC1)C(=O)O. The minimum atomic E-state index is -1.15. The summed E-state index contributed by atoms with van der Waals surface area (Å²) in [7, 11) is 0. The van der Waals surface area contributed by atoms with Gasteiger partial charge in [0.2, 0.25) is 5.91 Å². The van der Waals surface area contributed by atoms with Crippen molar-refractivity contribution in [1.82, 2.24) is 10.2 Å². The van der Waals surface area contributed by atoms with Crippen molar-refractivity contribution in [2.45, 2.75) is 31.7 Å². The number of nitrogens with zero attached hydrogens (tertiary/aromatic N) is 1. The second-order valence-electron chi connectivity index (χ2n) is 4.04. The highest BCUT2D eigenvalue weighted by Crippen LogP contribution is 2.08. The molecule has 1 unspecified atom stereocenters. The molecule has 7 heteroatoms. The maximum Gasteiger partial charge on any atom is 0.326 e. The van der Waals surface area contributed by atoms with Gasteiger partial charge in [-0.25, -0.2) is 9.59 Å². The van der Waals surface area contributed by atoms with Crippen LogP contribution in [0.25, 0.3) is 0 Å². The second-order valence-corrected chi connectivity index (χ2v) is 4.04. The first-order chi connectivity index (χ1) is 8.00.